The molecule has 122 valence electrons. The fourth-order valence-electron chi connectivity index (χ4n) is 1.51. The molecule has 9 heteroatoms. The van der Waals surface area contributed by atoms with Gasteiger partial charge in [0.2, 0.25) is 5.91 Å². The van der Waals surface area contributed by atoms with Crippen LogP contribution < -0.4 is 11.0 Å². The molecule has 9 nitrogen and oxygen atoms in total. The summed E-state index contributed by atoms with van der Waals surface area (Å²) in [5.41, 5.74) is -0.621. The van der Waals surface area contributed by atoms with E-state index in [0.29, 0.717) is 6.42 Å². The van der Waals surface area contributed by atoms with E-state index in [1.807, 2.05) is 6.92 Å². The lowest BCUT2D eigenvalue weighted by Gasteiger charge is -2.14. The Morgan fingerprint density at radius 2 is 2.18 bits per heavy atom. The van der Waals surface area contributed by atoms with Gasteiger partial charge in [-0.1, -0.05) is 6.92 Å². The number of ether oxygens (including phenoxy) is 1. The molecule has 0 saturated heterocycles. The summed E-state index contributed by atoms with van der Waals surface area (Å²) in [6, 6.07) is 1.41. The van der Waals surface area contributed by atoms with E-state index in [9.17, 15) is 14.4 Å². The number of aliphatic hydroxyl groups is 1. The average Bonchev–Trinajstić information content (AvgIpc) is 2.48. The summed E-state index contributed by atoms with van der Waals surface area (Å²) in [7, 11) is 0. The number of anilines is 1. The molecule has 0 unspecified atom stereocenters. The van der Waals surface area contributed by atoms with Crippen LogP contribution in [0.5, 0.6) is 0 Å². The number of aliphatic carboxylic acids is 1. The number of carboxylic acids is 1. The Morgan fingerprint density at radius 3 is 2.73 bits per heavy atom. The third kappa shape index (κ3) is 6.02. The predicted molar refractivity (Wildman–Crippen MR) is 76.2 cm³/mol. The topological polar surface area (TPSA) is 131 Å². The van der Waals surface area contributed by atoms with Crippen LogP contribution in [0.25, 0.3) is 0 Å². The van der Waals surface area contributed by atoms with E-state index in [-0.39, 0.29) is 38.1 Å². The largest absolute Gasteiger partial charge is 0.481 e. The van der Waals surface area contributed by atoms with Crippen LogP contribution >= 0.6 is 0 Å². The van der Waals surface area contributed by atoms with Gasteiger partial charge in [0.15, 0.2) is 0 Å². The van der Waals surface area contributed by atoms with Crippen LogP contribution in [0.2, 0.25) is 0 Å². The monoisotopic (exact) mass is 313 g/mol. The zero-order valence-electron chi connectivity index (χ0n) is 12.2. The van der Waals surface area contributed by atoms with E-state index < -0.39 is 17.6 Å². The Labute approximate surface area is 126 Å². The normalized spacial score (nSPS) is 11.9. The van der Waals surface area contributed by atoms with Crippen LogP contribution in [0.15, 0.2) is 17.1 Å². The van der Waals surface area contributed by atoms with Crippen molar-refractivity contribution in [2.24, 2.45) is 0 Å². The molecule has 1 aromatic rings. The summed E-state index contributed by atoms with van der Waals surface area (Å²) < 4.78 is 6.50. The molecule has 1 aromatic heterocycles. The number of hydrogen-bond donors (Lipinski definition) is 3. The molecule has 1 amide bonds. The van der Waals surface area contributed by atoms with Gasteiger partial charge in [0.1, 0.15) is 12.5 Å². The Morgan fingerprint density at radius 1 is 1.45 bits per heavy atom. The molecule has 3 N–H and O–H groups in total. The molecule has 0 bridgehead atoms. The fraction of sp³-hybridized carbons (Fsp3) is 0.538. The van der Waals surface area contributed by atoms with E-state index in [2.05, 4.69) is 10.3 Å². The van der Waals surface area contributed by atoms with Crippen LogP contribution in [0.4, 0.5) is 5.82 Å². The van der Waals surface area contributed by atoms with Crippen molar-refractivity contribution in [1.82, 2.24) is 9.55 Å². The van der Waals surface area contributed by atoms with Gasteiger partial charge in [-0.3, -0.25) is 14.2 Å². The molecule has 0 aliphatic rings. The van der Waals surface area contributed by atoms with Gasteiger partial charge in [-0.05, 0) is 12.5 Å². The van der Waals surface area contributed by atoms with Crippen molar-refractivity contribution in [1.29, 1.82) is 0 Å². The van der Waals surface area contributed by atoms with E-state index in [4.69, 9.17) is 14.9 Å². The number of carboxylic acid groups (broad SMARTS) is 1. The molecule has 0 aromatic carbocycles. The first-order chi connectivity index (χ1) is 10.5. The van der Waals surface area contributed by atoms with E-state index >= 15 is 0 Å². The van der Waals surface area contributed by atoms with E-state index in [1.54, 1.807) is 0 Å². The van der Waals surface area contributed by atoms with Crippen molar-refractivity contribution in [2.75, 3.05) is 11.9 Å². The maximum absolute atomic E-state index is 11.7. The number of nitrogens with one attached hydrogen (secondary N) is 1. The van der Waals surface area contributed by atoms with Crippen LogP contribution in [-0.2, 0) is 21.1 Å². The van der Waals surface area contributed by atoms with Gasteiger partial charge < -0.3 is 20.3 Å². The van der Waals surface area contributed by atoms with Gasteiger partial charge in [0, 0.05) is 12.6 Å². The molecule has 1 rings (SSSR count). The summed E-state index contributed by atoms with van der Waals surface area (Å²) in [6.45, 7) is 1.65. The lowest BCUT2D eigenvalue weighted by atomic mass is 10.3. The molecule has 0 aliphatic carbocycles. The molecular weight excluding hydrogens is 294 g/mol. The van der Waals surface area contributed by atoms with Crippen LogP contribution in [0, 0.1) is 0 Å². The smallest absolute Gasteiger partial charge is 0.351 e. The predicted octanol–water partition coefficient (Wildman–Crippen LogP) is -0.208. The second-order valence-corrected chi connectivity index (χ2v) is 4.52. The van der Waals surface area contributed by atoms with Gasteiger partial charge in [-0.15, -0.1) is 0 Å². The van der Waals surface area contributed by atoms with Crippen molar-refractivity contribution in [3.8, 4) is 0 Å². The molecule has 0 aliphatic heterocycles. The van der Waals surface area contributed by atoms with Gasteiger partial charge in [0.05, 0.1) is 19.1 Å². The second kappa shape index (κ2) is 8.90. The highest BCUT2D eigenvalue weighted by atomic mass is 16.5. The highest BCUT2D eigenvalue weighted by Gasteiger charge is 2.09. The maximum atomic E-state index is 11.7. The number of aromatic nitrogens is 2. The zero-order valence-corrected chi connectivity index (χ0v) is 12.2. The molecule has 0 radical (unpaired) electrons. The SMILES string of the molecule is CC[C@@H](CO)OCn1ccc(NC(=O)CCC(=O)O)nc1=O. The Hall–Kier alpha value is -2.26. The molecular formula is C13H19N3O6. The van der Waals surface area contributed by atoms with Gasteiger partial charge >= 0.3 is 11.7 Å². The summed E-state index contributed by atoms with van der Waals surface area (Å²) in [5.74, 6) is -1.56. The molecule has 0 fully saturated rings. The highest BCUT2D eigenvalue weighted by molar-refractivity contribution is 5.91. The molecule has 22 heavy (non-hydrogen) atoms. The second-order valence-electron chi connectivity index (χ2n) is 4.52. The summed E-state index contributed by atoms with van der Waals surface area (Å²) >= 11 is 0. The van der Waals surface area contributed by atoms with E-state index in [1.165, 1.54) is 16.8 Å². The Kier molecular flexibility index (Phi) is 7.20. The molecule has 1 atom stereocenters. The van der Waals surface area contributed by atoms with Crippen molar-refractivity contribution in [3.05, 3.63) is 22.7 Å². The minimum Gasteiger partial charge on any atom is -0.481 e. The highest BCUT2D eigenvalue weighted by Crippen LogP contribution is 2.02. The number of aliphatic hydroxyl groups excluding tert-OH is 1. The maximum Gasteiger partial charge on any atom is 0.351 e. The lowest BCUT2D eigenvalue weighted by Crippen LogP contribution is -2.28. The van der Waals surface area contributed by atoms with Crippen LogP contribution in [0.3, 0.4) is 0 Å². The molecule has 0 saturated carbocycles. The summed E-state index contributed by atoms with van der Waals surface area (Å²) in [6.07, 6.45) is 1.15. The summed E-state index contributed by atoms with van der Waals surface area (Å²) in [4.78, 5) is 37.2. The van der Waals surface area contributed by atoms with Crippen molar-refractivity contribution >= 4 is 17.7 Å². The standard InChI is InChI=1S/C13H19N3O6/c1-2-9(7-17)22-8-16-6-5-10(15-13(16)21)14-11(18)3-4-12(19)20/h5-6,9,17H,2-4,7-8H2,1H3,(H,19,20)(H,14,15,18,21)/t9-/m0/s1. The Balaban J connectivity index is 2.60. The fourth-order valence-corrected chi connectivity index (χ4v) is 1.51. The Bertz CT molecular complexity index is 567. The first-order valence-corrected chi connectivity index (χ1v) is 6.77. The minimum atomic E-state index is -1.08. The number of rotatable bonds is 9. The zero-order chi connectivity index (χ0) is 16.5. The van der Waals surface area contributed by atoms with Crippen molar-refractivity contribution in [3.63, 3.8) is 0 Å². The van der Waals surface area contributed by atoms with Crippen LogP contribution in [-0.4, -0.2) is 44.4 Å². The first kappa shape index (κ1) is 17.8. The first-order valence-electron chi connectivity index (χ1n) is 6.77. The van der Waals surface area contributed by atoms with Gasteiger partial charge in [0.25, 0.3) is 0 Å². The van der Waals surface area contributed by atoms with E-state index in [0.717, 1.165) is 0 Å². The lowest BCUT2D eigenvalue weighted by molar-refractivity contribution is -0.138. The molecule has 0 spiro atoms. The summed E-state index contributed by atoms with van der Waals surface area (Å²) in [5, 5.41) is 19.8. The third-order valence-corrected chi connectivity index (χ3v) is 2.82. The average molecular weight is 313 g/mol. The number of amides is 1. The van der Waals surface area contributed by atoms with Crippen molar-refractivity contribution < 1.29 is 24.5 Å². The van der Waals surface area contributed by atoms with Gasteiger partial charge in [-0.25, -0.2) is 4.79 Å². The third-order valence-electron chi connectivity index (χ3n) is 2.82. The van der Waals surface area contributed by atoms with Crippen molar-refractivity contribution in [2.45, 2.75) is 39.0 Å². The number of hydrogen-bond acceptors (Lipinski definition) is 6. The van der Waals surface area contributed by atoms with Crippen LogP contribution in [0.1, 0.15) is 26.2 Å². The number of carbonyl (C=O) groups is 2. The minimum absolute atomic E-state index is 0.0471. The quantitative estimate of drug-likeness (QED) is 0.575. The molecule has 1 heterocycles. The van der Waals surface area contributed by atoms with Gasteiger partial charge in [-0.2, -0.15) is 4.98 Å². The number of carbonyl (C=O) groups excluding carboxylic acids is 1. The number of nitrogens with zero attached hydrogens (tertiary/aromatic N) is 2.